The maximum Gasteiger partial charge on any atom is 0.275 e. The Hall–Kier alpha value is -3.37. The molecule has 2 nitrogen and oxygen atoms in total. The van der Waals surface area contributed by atoms with Crippen molar-refractivity contribution in [3.8, 4) is 33.8 Å². The van der Waals surface area contributed by atoms with Gasteiger partial charge < -0.3 is 9.47 Å². The van der Waals surface area contributed by atoms with Crippen molar-refractivity contribution in [1.82, 2.24) is 0 Å². The van der Waals surface area contributed by atoms with Gasteiger partial charge in [-0.2, -0.15) is 0 Å². The molecule has 0 saturated heterocycles. The van der Waals surface area contributed by atoms with Crippen LogP contribution < -0.4 is 20.4 Å². The van der Waals surface area contributed by atoms with Gasteiger partial charge >= 0.3 is 0 Å². The van der Waals surface area contributed by atoms with Crippen LogP contribution in [0.25, 0.3) is 34.4 Å². The van der Waals surface area contributed by atoms with Crippen LogP contribution in [-0.2, 0) is 0 Å². The van der Waals surface area contributed by atoms with Gasteiger partial charge in [0.15, 0.2) is 0 Å². The molecule has 0 spiro atoms. The summed E-state index contributed by atoms with van der Waals surface area (Å²) in [7, 11) is 3.41. The van der Waals surface area contributed by atoms with Crippen molar-refractivity contribution in [2.24, 2.45) is 0 Å². The van der Waals surface area contributed by atoms with E-state index >= 15 is 0 Å². The monoisotopic (exact) mass is 448 g/mol. The van der Waals surface area contributed by atoms with Gasteiger partial charge in [0.2, 0.25) is 0 Å². The molecule has 1 aliphatic heterocycles. The molecule has 4 aromatic carbocycles. The molecule has 0 atom stereocenters. The van der Waals surface area contributed by atoms with Crippen molar-refractivity contribution >= 4 is 40.7 Å². The van der Waals surface area contributed by atoms with Gasteiger partial charge in [-0.3, -0.25) is 0 Å². The minimum Gasteiger partial charge on any atom is -0.497 e. The molecule has 0 unspecified atom stereocenters. The van der Waals surface area contributed by atoms with Crippen LogP contribution in [0.3, 0.4) is 0 Å². The Balaban J connectivity index is 1.57. The van der Waals surface area contributed by atoms with Crippen molar-refractivity contribution in [3.63, 3.8) is 0 Å². The van der Waals surface area contributed by atoms with Gasteiger partial charge in [0.05, 0.1) is 14.2 Å². The number of hydrogen-bond acceptors (Lipinski definition) is 3. The summed E-state index contributed by atoms with van der Waals surface area (Å²) in [5, 5.41) is 0. The molecule has 5 rings (SSSR count). The van der Waals surface area contributed by atoms with Gasteiger partial charge in [-0.05, 0) is 76.0 Å². The summed E-state index contributed by atoms with van der Waals surface area (Å²) in [5.41, 5.74) is 9.92. The largest absolute Gasteiger partial charge is 0.497 e. The Labute approximate surface area is 200 Å². The van der Waals surface area contributed by atoms with Crippen LogP contribution in [0.4, 0.5) is 0 Å². The lowest BCUT2D eigenvalue weighted by atomic mass is 9.59. The van der Waals surface area contributed by atoms with E-state index in [4.69, 9.17) is 9.47 Å². The highest BCUT2D eigenvalue weighted by Gasteiger charge is 2.25. The fourth-order valence-electron chi connectivity index (χ4n) is 4.48. The standard InChI is InChI=1S/C29H25BO2S/c1-31-26-8-4-6-20(18-26)22-12-14-28-24(16-22)10-11-25-17-23(13-15-29(25)30(28)33-3)21-7-5-9-27(19-21)32-2/h4-19H,1-3H3. The quantitative estimate of drug-likeness (QED) is 0.350. The molecule has 0 bridgehead atoms. The summed E-state index contributed by atoms with van der Waals surface area (Å²) >= 11 is 1.88. The van der Waals surface area contributed by atoms with E-state index in [1.807, 2.05) is 35.9 Å². The van der Waals surface area contributed by atoms with Crippen molar-refractivity contribution in [2.75, 3.05) is 20.5 Å². The van der Waals surface area contributed by atoms with Gasteiger partial charge in [-0.1, -0.05) is 71.6 Å². The maximum absolute atomic E-state index is 5.42. The Kier molecular flexibility index (Phi) is 6.02. The Morgan fingerprint density at radius 3 is 1.45 bits per heavy atom. The third-order valence-corrected chi connectivity index (χ3v) is 7.20. The van der Waals surface area contributed by atoms with E-state index in [-0.39, 0.29) is 5.99 Å². The number of ether oxygens (including phenoxy) is 2. The lowest BCUT2D eigenvalue weighted by Crippen LogP contribution is -2.41. The number of fused-ring (bicyclic) bond motifs is 2. The van der Waals surface area contributed by atoms with Crippen molar-refractivity contribution in [2.45, 2.75) is 0 Å². The van der Waals surface area contributed by atoms with Crippen molar-refractivity contribution < 1.29 is 9.47 Å². The van der Waals surface area contributed by atoms with E-state index in [0.717, 1.165) is 22.6 Å². The molecule has 0 fully saturated rings. The predicted octanol–water partition coefficient (Wildman–Crippen LogP) is 5.99. The van der Waals surface area contributed by atoms with E-state index in [1.165, 1.54) is 33.2 Å². The highest BCUT2D eigenvalue weighted by Crippen LogP contribution is 2.29. The molecule has 4 heteroatoms. The molecule has 1 heterocycles. The first-order valence-corrected chi connectivity index (χ1v) is 12.3. The number of methoxy groups -OCH3 is 2. The lowest BCUT2D eigenvalue weighted by molar-refractivity contribution is 0.415. The predicted molar refractivity (Wildman–Crippen MR) is 144 cm³/mol. The molecular formula is C29H25BO2S. The molecule has 4 aromatic rings. The van der Waals surface area contributed by atoms with Gasteiger partial charge in [-0.25, -0.2) is 11.6 Å². The molecule has 0 saturated carbocycles. The summed E-state index contributed by atoms with van der Waals surface area (Å²) < 4.78 is 10.8. The Morgan fingerprint density at radius 2 is 1.03 bits per heavy atom. The summed E-state index contributed by atoms with van der Waals surface area (Å²) in [6.45, 7) is 0. The Morgan fingerprint density at radius 1 is 0.576 bits per heavy atom. The minimum absolute atomic E-state index is 0.281. The molecule has 0 N–H and O–H groups in total. The van der Waals surface area contributed by atoms with E-state index in [9.17, 15) is 0 Å². The first-order valence-electron chi connectivity index (χ1n) is 11.0. The SMILES string of the molecule is COc1cccc(-c2ccc3c(c2)C=Cc2cc(-c4cccc(OC)c4)ccc2B3SC)c1. The normalized spacial score (nSPS) is 12.0. The van der Waals surface area contributed by atoms with Gasteiger partial charge in [0, 0.05) is 0 Å². The van der Waals surface area contributed by atoms with Gasteiger partial charge in [-0.15, -0.1) is 0 Å². The summed E-state index contributed by atoms with van der Waals surface area (Å²) in [5.74, 6) is 2.03. The van der Waals surface area contributed by atoms with Gasteiger partial charge in [0.25, 0.3) is 5.99 Å². The van der Waals surface area contributed by atoms with Crippen LogP contribution in [0.15, 0.2) is 84.9 Å². The van der Waals surface area contributed by atoms with Crippen molar-refractivity contribution in [1.29, 1.82) is 0 Å². The highest BCUT2D eigenvalue weighted by molar-refractivity contribution is 8.27. The fraction of sp³-hybridized carbons (Fsp3) is 0.103. The average Bonchev–Trinajstić information content (AvgIpc) is 3.04. The van der Waals surface area contributed by atoms with Crippen LogP contribution in [0.2, 0.25) is 0 Å². The zero-order valence-corrected chi connectivity index (χ0v) is 19.9. The Bertz CT molecular complexity index is 1240. The third-order valence-electron chi connectivity index (χ3n) is 6.22. The molecule has 0 aromatic heterocycles. The van der Waals surface area contributed by atoms with E-state index < -0.39 is 0 Å². The molecule has 33 heavy (non-hydrogen) atoms. The summed E-state index contributed by atoms with van der Waals surface area (Å²) in [4.78, 5) is 0. The number of rotatable bonds is 5. The minimum atomic E-state index is 0.281. The summed E-state index contributed by atoms with van der Waals surface area (Å²) in [6, 6.07) is 30.1. The zero-order valence-electron chi connectivity index (χ0n) is 19.0. The van der Waals surface area contributed by atoms with Crippen LogP contribution >= 0.6 is 11.6 Å². The second kappa shape index (κ2) is 9.25. The van der Waals surface area contributed by atoms with Gasteiger partial charge in [0.1, 0.15) is 11.5 Å². The second-order valence-electron chi connectivity index (χ2n) is 8.10. The van der Waals surface area contributed by atoms with Crippen LogP contribution in [0.1, 0.15) is 11.1 Å². The van der Waals surface area contributed by atoms with Crippen molar-refractivity contribution in [3.05, 3.63) is 96.1 Å². The van der Waals surface area contributed by atoms with Crippen LogP contribution in [-0.4, -0.2) is 26.5 Å². The first kappa shape index (κ1) is 21.5. The molecule has 0 aliphatic carbocycles. The lowest BCUT2D eigenvalue weighted by Gasteiger charge is -2.17. The number of hydrogen-bond donors (Lipinski definition) is 0. The smallest absolute Gasteiger partial charge is 0.275 e. The molecule has 0 radical (unpaired) electrons. The fourth-order valence-corrected chi connectivity index (χ4v) is 5.42. The molecule has 0 amide bonds. The second-order valence-corrected chi connectivity index (χ2v) is 9.04. The molecular weight excluding hydrogens is 423 g/mol. The number of benzene rings is 4. The zero-order chi connectivity index (χ0) is 22.8. The first-order chi connectivity index (χ1) is 16.2. The average molecular weight is 448 g/mol. The van der Waals surface area contributed by atoms with E-state index in [1.54, 1.807) is 14.2 Å². The third kappa shape index (κ3) is 4.19. The van der Waals surface area contributed by atoms with Crippen LogP contribution in [0, 0.1) is 0 Å². The molecule has 1 aliphatic rings. The maximum atomic E-state index is 5.42. The van der Waals surface area contributed by atoms with E-state index in [2.05, 4.69) is 79.1 Å². The summed E-state index contributed by atoms with van der Waals surface area (Å²) in [6.07, 6.45) is 6.70. The highest BCUT2D eigenvalue weighted by atomic mass is 32.2. The molecule has 162 valence electrons. The van der Waals surface area contributed by atoms with Crippen LogP contribution in [0.5, 0.6) is 11.5 Å². The topological polar surface area (TPSA) is 18.5 Å². The van der Waals surface area contributed by atoms with E-state index in [0.29, 0.717) is 0 Å².